The maximum absolute atomic E-state index is 11.9. The first-order valence-electron chi connectivity index (χ1n) is 6.64. The first kappa shape index (κ1) is 13.0. The normalized spacial score (nSPS) is 24.9. The molecule has 5 heteroatoms. The Hall–Kier alpha value is -0.420. The van der Waals surface area contributed by atoms with Crippen molar-refractivity contribution in [3.8, 4) is 0 Å². The fourth-order valence-electron chi connectivity index (χ4n) is 2.60. The molecule has 2 rings (SSSR count). The zero-order chi connectivity index (χ0) is 12.3. The zero-order valence-corrected chi connectivity index (χ0v) is 11.5. The summed E-state index contributed by atoms with van der Waals surface area (Å²) < 4.78 is 0. The van der Waals surface area contributed by atoms with Gasteiger partial charge < -0.3 is 10.2 Å². The highest BCUT2D eigenvalue weighted by Gasteiger charge is 2.25. The van der Waals surface area contributed by atoms with Crippen LogP contribution < -0.4 is 5.32 Å². The number of amides is 2. The lowest BCUT2D eigenvalue weighted by Gasteiger charge is -2.35. The van der Waals surface area contributed by atoms with Gasteiger partial charge in [-0.3, -0.25) is 4.90 Å². The van der Waals surface area contributed by atoms with Crippen molar-refractivity contribution < 1.29 is 4.79 Å². The number of carbonyl (C=O) groups excluding carboxylic acids is 1. The van der Waals surface area contributed by atoms with E-state index in [0.29, 0.717) is 11.4 Å². The lowest BCUT2D eigenvalue weighted by Crippen LogP contribution is -2.49. The predicted octanol–water partition coefficient (Wildman–Crippen LogP) is 1.53. The number of likely N-dealkylation sites (tertiary alicyclic amines) is 2. The number of urea groups is 1. The standard InChI is InChI=1S/C12H23N3OS/c1-10(17)14-8-4-11(5-9-14)13-12(16)15-6-2-3-7-15/h10-11,17H,2-9H2,1H3,(H,13,16). The van der Waals surface area contributed by atoms with Crippen molar-refractivity contribution in [3.05, 3.63) is 0 Å². The Morgan fingerprint density at radius 3 is 2.35 bits per heavy atom. The third-order valence-corrected chi connectivity index (χ3v) is 4.11. The summed E-state index contributed by atoms with van der Waals surface area (Å²) >= 11 is 4.44. The molecule has 0 spiro atoms. The molecule has 4 nitrogen and oxygen atoms in total. The van der Waals surface area contributed by atoms with Gasteiger partial charge in [-0.25, -0.2) is 4.79 Å². The van der Waals surface area contributed by atoms with Gasteiger partial charge in [-0.05, 0) is 32.6 Å². The number of hydrogen-bond acceptors (Lipinski definition) is 3. The fourth-order valence-corrected chi connectivity index (χ4v) is 2.83. The Bertz CT molecular complexity index is 258. The molecule has 2 saturated heterocycles. The second-order valence-electron chi connectivity index (χ2n) is 5.09. The Morgan fingerprint density at radius 2 is 1.82 bits per heavy atom. The molecule has 2 aliphatic heterocycles. The molecule has 1 unspecified atom stereocenters. The third-order valence-electron chi connectivity index (χ3n) is 3.78. The molecule has 0 aromatic carbocycles. The van der Waals surface area contributed by atoms with Crippen LogP contribution in [-0.4, -0.2) is 53.4 Å². The van der Waals surface area contributed by atoms with Gasteiger partial charge in [-0.2, -0.15) is 12.6 Å². The van der Waals surface area contributed by atoms with E-state index in [-0.39, 0.29) is 6.03 Å². The highest BCUT2D eigenvalue weighted by Crippen LogP contribution is 2.15. The highest BCUT2D eigenvalue weighted by atomic mass is 32.1. The highest BCUT2D eigenvalue weighted by molar-refractivity contribution is 7.80. The molecule has 1 atom stereocenters. The lowest BCUT2D eigenvalue weighted by atomic mass is 10.1. The SMILES string of the molecule is CC(S)N1CCC(NC(=O)N2CCCC2)CC1. The summed E-state index contributed by atoms with van der Waals surface area (Å²) in [5, 5.41) is 3.48. The number of piperidine rings is 1. The Kier molecular flexibility index (Phi) is 4.56. The van der Waals surface area contributed by atoms with Crippen molar-refractivity contribution in [2.45, 2.75) is 44.0 Å². The summed E-state index contributed by atoms with van der Waals surface area (Å²) in [5.74, 6) is 0. The summed E-state index contributed by atoms with van der Waals surface area (Å²) in [5.41, 5.74) is 0. The second kappa shape index (κ2) is 5.96. The van der Waals surface area contributed by atoms with E-state index in [1.54, 1.807) is 0 Å². The van der Waals surface area contributed by atoms with Crippen LogP contribution in [0.25, 0.3) is 0 Å². The van der Waals surface area contributed by atoms with Crippen molar-refractivity contribution in [2.75, 3.05) is 26.2 Å². The van der Waals surface area contributed by atoms with Crippen LogP contribution in [0.1, 0.15) is 32.6 Å². The fraction of sp³-hybridized carbons (Fsp3) is 0.917. The van der Waals surface area contributed by atoms with E-state index < -0.39 is 0 Å². The van der Waals surface area contributed by atoms with Gasteiger partial charge in [0.1, 0.15) is 0 Å². The largest absolute Gasteiger partial charge is 0.335 e. The molecule has 2 aliphatic rings. The first-order valence-corrected chi connectivity index (χ1v) is 7.16. The summed E-state index contributed by atoms with van der Waals surface area (Å²) in [6.45, 7) is 6.04. The quantitative estimate of drug-likeness (QED) is 0.736. The van der Waals surface area contributed by atoms with Gasteiger partial charge in [0.15, 0.2) is 0 Å². The van der Waals surface area contributed by atoms with Crippen LogP contribution in [0.15, 0.2) is 0 Å². The minimum atomic E-state index is 0.139. The van der Waals surface area contributed by atoms with Crippen molar-refractivity contribution in [1.82, 2.24) is 15.1 Å². The number of nitrogens with one attached hydrogen (secondary N) is 1. The molecule has 1 N–H and O–H groups in total. The molecule has 2 fully saturated rings. The van der Waals surface area contributed by atoms with Crippen LogP contribution in [0.4, 0.5) is 4.79 Å². The molecule has 0 aromatic heterocycles. The second-order valence-corrected chi connectivity index (χ2v) is 5.83. The van der Waals surface area contributed by atoms with Gasteiger partial charge >= 0.3 is 6.03 Å². The molecular formula is C12H23N3OS. The average molecular weight is 257 g/mol. The number of rotatable bonds is 2. The van der Waals surface area contributed by atoms with E-state index in [0.717, 1.165) is 51.9 Å². The minimum absolute atomic E-state index is 0.139. The molecule has 0 saturated carbocycles. The van der Waals surface area contributed by atoms with E-state index >= 15 is 0 Å². The average Bonchev–Trinajstić information content (AvgIpc) is 2.83. The zero-order valence-electron chi connectivity index (χ0n) is 10.6. The van der Waals surface area contributed by atoms with Crippen LogP contribution in [0, 0.1) is 0 Å². The number of hydrogen-bond donors (Lipinski definition) is 2. The van der Waals surface area contributed by atoms with E-state index in [9.17, 15) is 4.79 Å². The van der Waals surface area contributed by atoms with Gasteiger partial charge in [-0.1, -0.05) is 0 Å². The van der Waals surface area contributed by atoms with E-state index in [4.69, 9.17) is 0 Å². The predicted molar refractivity (Wildman–Crippen MR) is 72.4 cm³/mol. The van der Waals surface area contributed by atoms with Gasteiger partial charge in [-0.15, -0.1) is 0 Å². The number of carbonyl (C=O) groups is 1. The molecule has 2 heterocycles. The maximum atomic E-state index is 11.9. The Balaban J connectivity index is 1.72. The first-order chi connectivity index (χ1) is 8.16. The molecule has 2 amide bonds. The van der Waals surface area contributed by atoms with E-state index in [1.165, 1.54) is 0 Å². The van der Waals surface area contributed by atoms with Crippen LogP contribution in [0.2, 0.25) is 0 Å². The van der Waals surface area contributed by atoms with Crippen molar-refractivity contribution in [2.24, 2.45) is 0 Å². The van der Waals surface area contributed by atoms with Crippen molar-refractivity contribution in [3.63, 3.8) is 0 Å². The summed E-state index contributed by atoms with van der Waals surface area (Å²) in [4.78, 5) is 16.2. The van der Waals surface area contributed by atoms with Gasteiger partial charge in [0.2, 0.25) is 0 Å². The van der Waals surface area contributed by atoms with Crippen LogP contribution >= 0.6 is 12.6 Å². The number of thiol groups is 1. The molecule has 98 valence electrons. The molecule has 0 bridgehead atoms. The number of nitrogens with zero attached hydrogens (tertiary/aromatic N) is 2. The maximum Gasteiger partial charge on any atom is 0.317 e. The van der Waals surface area contributed by atoms with Gasteiger partial charge in [0.05, 0.1) is 0 Å². The molecule has 0 aliphatic carbocycles. The third kappa shape index (κ3) is 3.52. The van der Waals surface area contributed by atoms with Crippen molar-refractivity contribution >= 4 is 18.7 Å². The molecule has 0 radical (unpaired) electrons. The summed E-state index contributed by atoms with van der Waals surface area (Å²) in [6.07, 6.45) is 4.40. The smallest absolute Gasteiger partial charge is 0.317 e. The lowest BCUT2D eigenvalue weighted by molar-refractivity contribution is 0.175. The van der Waals surface area contributed by atoms with Crippen LogP contribution in [0.5, 0.6) is 0 Å². The molecule has 17 heavy (non-hydrogen) atoms. The van der Waals surface area contributed by atoms with E-state index in [2.05, 4.69) is 29.8 Å². The Morgan fingerprint density at radius 1 is 1.24 bits per heavy atom. The molecule has 0 aromatic rings. The van der Waals surface area contributed by atoms with E-state index in [1.807, 2.05) is 4.90 Å². The van der Waals surface area contributed by atoms with Gasteiger partial charge in [0, 0.05) is 37.6 Å². The topological polar surface area (TPSA) is 35.6 Å². The Labute approximate surface area is 109 Å². The minimum Gasteiger partial charge on any atom is -0.335 e. The van der Waals surface area contributed by atoms with Crippen LogP contribution in [-0.2, 0) is 0 Å². The summed E-state index contributed by atoms with van der Waals surface area (Å²) in [7, 11) is 0. The van der Waals surface area contributed by atoms with Gasteiger partial charge in [0.25, 0.3) is 0 Å². The van der Waals surface area contributed by atoms with Crippen molar-refractivity contribution in [1.29, 1.82) is 0 Å². The molecular weight excluding hydrogens is 234 g/mol. The monoisotopic (exact) mass is 257 g/mol. The van der Waals surface area contributed by atoms with Crippen LogP contribution in [0.3, 0.4) is 0 Å². The summed E-state index contributed by atoms with van der Waals surface area (Å²) in [6, 6.07) is 0.492.